The Hall–Kier alpha value is -1.47. The zero-order valence-electron chi connectivity index (χ0n) is 9.85. The molecule has 18 heavy (non-hydrogen) atoms. The highest BCUT2D eigenvalue weighted by Crippen LogP contribution is 2.30. The van der Waals surface area contributed by atoms with Crippen molar-refractivity contribution in [1.82, 2.24) is 5.32 Å². The maximum Gasteiger partial charge on any atom is 0.324 e. The van der Waals surface area contributed by atoms with E-state index in [9.17, 15) is 14.9 Å². The number of carbonyl (C=O) groups is 1. The maximum atomic E-state index is 12.0. The molecule has 2 rings (SSSR count). The number of hydrogen-bond acceptors (Lipinski definition) is 5. The number of rotatable bonds is 4. The van der Waals surface area contributed by atoms with E-state index in [4.69, 9.17) is 5.73 Å². The minimum absolute atomic E-state index is 0.0200. The molecule has 3 N–H and O–H groups in total. The van der Waals surface area contributed by atoms with Crippen LogP contribution < -0.4 is 11.1 Å². The molecule has 6 nitrogen and oxygen atoms in total. The van der Waals surface area contributed by atoms with Gasteiger partial charge < -0.3 is 11.1 Å². The van der Waals surface area contributed by atoms with Crippen LogP contribution in [0.4, 0.5) is 5.00 Å². The molecule has 0 aliphatic heterocycles. The summed E-state index contributed by atoms with van der Waals surface area (Å²) in [7, 11) is 0. The van der Waals surface area contributed by atoms with E-state index in [2.05, 4.69) is 5.32 Å². The molecule has 0 atom stereocenters. The van der Waals surface area contributed by atoms with Crippen LogP contribution >= 0.6 is 11.3 Å². The van der Waals surface area contributed by atoms with Crippen molar-refractivity contribution in [1.29, 1.82) is 0 Å². The second kappa shape index (κ2) is 5.03. The molecule has 0 bridgehead atoms. The van der Waals surface area contributed by atoms with E-state index in [1.165, 1.54) is 12.1 Å². The number of carbonyl (C=O) groups excluding carboxylic acids is 1. The largest absolute Gasteiger partial charge is 0.345 e. The predicted octanol–water partition coefficient (Wildman–Crippen LogP) is 1.66. The average Bonchev–Trinajstić information content (AvgIpc) is 2.98. The van der Waals surface area contributed by atoms with Gasteiger partial charge in [0, 0.05) is 12.6 Å². The summed E-state index contributed by atoms with van der Waals surface area (Å²) < 4.78 is 0. The molecule has 1 saturated carbocycles. The van der Waals surface area contributed by atoms with Crippen LogP contribution in [0.5, 0.6) is 0 Å². The normalized spacial score (nSPS) is 17.6. The summed E-state index contributed by atoms with van der Waals surface area (Å²) in [6, 6.07) is 2.83. The van der Waals surface area contributed by atoms with Crippen LogP contribution in [-0.2, 0) is 0 Å². The fourth-order valence-electron chi connectivity index (χ4n) is 2.28. The van der Waals surface area contributed by atoms with Crippen molar-refractivity contribution >= 4 is 22.2 Å². The van der Waals surface area contributed by atoms with Gasteiger partial charge >= 0.3 is 5.00 Å². The topological polar surface area (TPSA) is 98.3 Å². The van der Waals surface area contributed by atoms with Crippen LogP contribution in [0.25, 0.3) is 0 Å². The van der Waals surface area contributed by atoms with Crippen molar-refractivity contribution in [2.75, 3.05) is 6.54 Å². The second-order valence-corrected chi connectivity index (χ2v) is 5.60. The lowest BCUT2D eigenvalue weighted by atomic mass is 9.98. The molecule has 1 fully saturated rings. The highest BCUT2D eigenvalue weighted by molar-refractivity contribution is 7.17. The molecule has 1 aromatic rings. The van der Waals surface area contributed by atoms with E-state index in [-0.39, 0.29) is 16.4 Å². The van der Waals surface area contributed by atoms with Gasteiger partial charge in [0.2, 0.25) is 0 Å². The van der Waals surface area contributed by atoms with Gasteiger partial charge in [0.15, 0.2) is 0 Å². The van der Waals surface area contributed by atoms with Gasteiger partial charge in [-0.2, -0.15) is 0 Å². The third-order valence-corrected chi connectivity index (χ3v) is 4.36. The van der Waals surface area contributed by atoms with Crippen LogP contribution in [0.15, 0.2) is 12.1 Å². The summed E-state index contributed by atoms with van der Waals surface area (Å²) in [6.07, 6.45) is 3.87. The third kappa shape index (κ3) is 2.51. The zero-order chi connectivity index (χ0) is 13.2. The van der Waals surface area contributed by atoms with Gasteiger partial charge in [0.05, 0.1) is 15.3 Å². The first kappa shape index (κ1) is 13.0. The van der Waals surface area contributed by atoms with Crippen molar-refractivity contribution in [2.45, 2.75) is 31.2 Å². The van der Waals surface area contributed by atoms with Gasteiger partial charge in [-0.3, -0.25) is 14.9 Å². The molecule has 1 amide bonds. The van der Waals surface area contributed by atoms with Gasteiger partial charge in [-0.15, -0.1) is 0 Å². The van der Waals surface area contributed by atoms with Gasteiger partial charge in [-0.25, -0.2) is 0 Å². The molecule has 1 aromatic heterocycles. The first-order chi connectivity index (χ1) is 8.56. The lowest BCUT2D eigenvalue weighted by Crippen LogP contribution is -2.51. The quantitative estimate of drug-likeness (QED) is 0.641. The number of nitrogens with zero attached hydrogens (tertiary/aromatic N) is 1. The Bertz CT molecular complexity index is 466. The van der Waals surface area contributed by atoms with E-state index >= 15 is 0 Å². The van der Waals surface area contributed by atoms with E-state index in [0.29, 0.717) is 11.4 Å². The van der Waals surface area contributed by atoms with Crippen molar-refractivity contribution in [3.05, 3.63) is 27.1 Å². The molecule has 1 aliphatic rings. The standard InChI is InChI=1S/C11H15N3O3S/c12-7-11(5-1-2-6-11)13-10(15)8-3-4-9(18-8)14(16)17/h3-4H,1-2,5-7,12H2,(H,13,15). The predicted molar refractivity (Wildman–Crippen MR) is 68.7 cm³/mol. The second-order valence-electron chi connectivity index (χ2n) is 4.54. The van der Waals surface area contributed by atoms with Crippen LogP contribution in [0.1, 0.15) is 35.4 Å². The fourth-order valence-corrected chi connectivity index (χ4v) is 3.00. The van der Waals surface area contributed by atoms with Crippen molar-refractivity contribution in [3.8, 4) is 0 Å². The molecular weight excluding hydrogens is 254 g/mol. The Morgan fingerprint density at radius 1 is 1.50 bits per heavy atom. The highest BCUT2D eigenvalue weighted by atomic mass is 32.1. The Balaban J connectivity index is 2.09. The average molecular weight is 269 g/mol. The van der Waals surface area contributed by atoms with Crippen LogP contribution in [0.2, 0.25) is 0 Å². The molecular formula is C11H15N3O3S. The molecule has 0 radical (unpaired) electrons. The first-order valence-electron chi connectivity index (χ1n) is 5.83. The Kier molecular flexibility index (Phi) is 3.63. The molecule has 0 aromatic carbocycles. The van der Waals surface area contributed by atoms with Crippen molar-refractivity contribution < 1.29 is 9.72 Å². The SMILES string of the molecule is NCC1(NC(=O)c2ccc([N+](=O)[O-])s2)CCCC1. The monoisotopic (exact) mass is 269 g/mol. The summed E-state index contributed by atoms with van der Waals surface area (Å²) in [4.78, 5) is 22.5. The van der Waals surface area contributed by atoms with Gasteiger partial charge in [-0.05, 0) is 18.9 Å². The summed E-state index contributed by atoms with van der Waals surface area (Å²) in [6.45, 7) is 0.409. The maximum absolute atomic E-state index is 12.0. The number of amides is 1. The molecule has 98 valence electrons. The zero-order valence-corrected chi connectivity index (χ0v) is 10.7. The number of nitrogens with one attached hydrogen (secondary N) is 1. The smallest absolute Gasteiger partial charge is 0.324 e. The first-order valence-corrected chi connectivity index (χ1v) is 6.65. The number of thiophene rings is 1. The Morgan fingerprint density at radius 2 is 2.17 bits per heavy atom. The van der Waals surface area contributed by atoms with Gasteiger partial charge in [0.25, 0.3) is 5.91 Å². The van der Waals surface area contributed by atoms with E-state index in [0.717, 1.165) is 37.0 Å². The van der Waals surface area contributed by atoms with Crippen LogP contribution in [0, 0.1) is 10.1 Å². The van der Waals surface area contributed by atoms with E-state index < -0.39 is 4.92 Å². The minimum atomic E-state index is -0.490. The molecule has 0 unspecified atom stereocenters. The number of hydrogen-bond donors (Lipinski definition) is 2. The molecule has 1 heterocycles. The van der Waals surface area contributed by atoms with Crippen LogP contribution in [0.3, 0.4) is 0 Å². The minimum Gasteiger partial charge on any atom is -0.345 e. The Morgan fingerprint density at radius 3 is 2.67 bits per heavy atom. The van der Waals surface area contributed by atoms with E-state index in [1.807, 2.05) is 0 Å². The lowest BCUT2D eigenvalue weighted by molar-refractivity contribution is -0.380. The summed E-state index contributed by atoms with van der Waals surface area (Å²) in [5, 5.41) is 13.5. The van der Waals surface area contributed by atoms with Gasteiger partial charge in [0.1, 0.15) is 0 Å². The van der Waals surface area contributed by atoms with Crippen molar-refractivity contribution in [2.24, 2.45) is 5.73 Å². The van der Waals surface area contributed by atoms with E-state index in [1.54, 1.807) is 0 Å². The summed E-state index contributed by atoms with van der Waals surface area (Å²) >= 11 is 0.890. The molecule has 0 saturated heterocycles. The summed E-state index contributed by atoms with van der Waals surface area (Å²) in [5.41, 5.74) is 5.41. The number of nitrogens with two attached hydrogens (primary N) is 1. The lowest BCUT2D eigenvalue weighted by Gasteiger charge is -2.28. The summed E-state index contributed by atoms with van der Waals surface area (Å²) in [5.74, 6) is -0.263. The number of nitro groups is 1. The fraction of sp³-hybridized carbons (Fsp3) is 0.545. The molecule has 0 spiro atoms. The third-order valence-electron chi connectivity index (χ3n) is 3.33. The Labute approximate surface area is 108 Å². The van der Waals surface area contributed by atoms with Crippen LogP contribution in [-0.4, -0.2) is 22.9 Å². The molecule has 1 aliphatic carbocycles. The highest BCUT2D eigenvalue weighted by Gasteiger charge is 2.34. The van der Waals surface area contributed by atoms with Crippen molar-refractivity contribution in [3.63, 3.8) is 0 Å². The molecule has 7 heteroatoms. The van der Waals surface area contributed by atoms with Gasteiger partial charge in [-0.1, -0.05) is 24.2 Å².